The summed E-state index contributed by atoms with van der Waals surface area (Å²) in [5.41, 5.74) is 4.80. The van der Waals surface area contributed by atoms with Gasteiger partial charge in [-0.15, -0.1) is 0 Å². The Balaban J connectivity index is 0.000000202. The molecule has 172 valence electrons. The molecule has 0 spiro atoms. The van der Waals surface area contributed by atoms with E-state index < -0.39 is 0 Å². The number of hydrogen-bond acceptors (Lipinski definition) is 5. The van der Waals surface area contributed by atoms with Gasteiger partial charge in [-0.05, 0) is 79.1 Å². The highest BCUT2D eigenvalue weighted by Gasteiger charge is 1.95. The van der Waals surface area contributed by atoms with Crippen LogP contribution in [-0.4, -0.2) is 7.11 Å². The zero-order valence-electron chi connectivity index (χ0n) is 19.7. The van der Waals surface area contributed by atoms with Gasteiger partial charge in [0.2, 0.25) is 0 Å². The highest BCUT2D eigenvalue weighted by atomic mass is 16.5. The van der Waals surface area contributed by atoms with E-state index in [0.29, 0.717) is 0 Å². The van der Waals surface area contributed by atoms with E-state index >= 15 is 0 Å². The third kappa shape index (κ3) is 8.79. The van der Waals surface area contributed by atoms with Crippen LogP contribution in [-0.2, 0) is 6.42 Å². The Morgan fingerprint density at radius 3 is 1.35 bits per heavy atom. The van der Waals surface area contributed by atoms with E-state index in [1.807, 2.05) is 97.1 Å². The highest BCUT2D eigenvalue weighted by Crippen LogP contribution is 2.21. The first kappa shape index (κ1) is 24.5. The van der Waals surface area contributed by atoms with Crippen LogP contribution in [0.4, 0.5) is 22.7 Å². The second-order valence-corrected chi connectivity index (χ2v) is 7.54. The zero-order valence-corrected chi connectivity index (χ0v) is 19.7. The Morgan fingerprint density at radius 1 is 0.529 bits per heavy atom. The molecule has 0 atom stereocenters. The summed E-state index contributed by atoms with van der Waals surface area (Å²) >= 11 is 0. The van der Waals surface area contributed by atoms with Gasteiger partial charge in [0.25, 0.3) is 0 Å². The smallest absolute Gasteiger partial charge is 0.119 e. The van der Waals surface area contributed by atoms with Crippen molar-refractivity contribution in [3.8, 4) is 5.75 Å². The molecule has 0 saturated heterocycles. The summed E-state index contributed by atoms with van der Waals surface area (Å²) in [6.07, 6.45) is 3.58. The average Bonchev–Trinajstić information content (AvgIpc) is 2.92. The van der Waals surface area contributed by atoms with Crippen LogP contribution in [0.2, 0.25) is 0 Å². The van der Waals surface area contributed by atoms with Crippen molar-refractivity contribution in [1.29, 1.82) is 0 Å². The van der Waals surface area contributed by atoms with Gasteiger partial charge >= 0.3 is 0 Å². The van der Waals surface area contributed by atoms with E-state index in [1.165, 1.54) is 18.4 Å². The number of hydrogen-bond donors (Lipinski definition) is 0. The second kappa shape index (κ2) is 14.1. The molecule has 5 heteroatoms. The van der Waals surface area contributed by atoms with Gasteiger partial charge in [-0.2, -0.15) is 20.5 Å². The number of nitrogens with zero attached hydrogens (tertiary/aromatic N) is 4. The summed E-state index contributed by atoms with van der Waals surface area (Å²) in [7, 11) is 1.65. The molecule has 0 radical (unpaired) electrons. The van der Waals surface area contributed by atoms with Crippen LogP contribution in [0.3, 0.4) is 0 Å². The molecule has 0 N–H and O–H groups in total. The molecule has 0 aliphatic heterocycles. The number of rotatable bonds is 8. The maximum absolute atomic E-state index is 5.11. The van der Waals surface area contributed by atoms with Gasteiger partial charge in [0.15, 0.2) is 0 Å². The van der Waals surface area contributed by atoms with Crippen molar-refractivity contribution in [3.05, 3.63) is 115 Å². The molecule has 5 nitrogen and oxygen atoms in total. The number of aryl methyl sites for hydroxylation is 1. The molecule has 4 aromatic rings. The lowest BCUT2D eigenvalue weighted by atomic mass is 10.1. The molecular formula is C29H30N4O. The van der Waals surface area contributed by atoms with Gasteiger partial charge in [-0.3, -0.25) is 0 Å². The molecule has 0 bridgehead atoms. The predicted octanol–water partition coefficient (Wildman–Crippen LogP) is 9.56. The Hall–Kier alpha value is -4.12. The normalized spacial score (nSPS) is 10.8. The largest absolute Gasteiger partial charge is 0.497 e. The van der Waals surface area contributed by atoms with E-state index in [2.05, 4.69) is 39.5 Å². The van der Waals surface area contributed by atoms with Crippen molar-refractivity contribution in [3.63, 3.8) is 0 Å². The van der Waals surface area contributed by atoms with Gasteiger partial charge in [0, 0.05) is 0 Å². The quantitative estimate of drug-likeness (QED) is 0.246. The molecule has 0 fully saturated rings. The Kier molecular flexibility index (Phi) is 10.2. The molecule has 0 heterocycles. The van der Waals surface area contributed by atoms with Crippen molar-refractivity contribution in [1.82, 2.24) is 0 Å². The molecule has 0 saturated carbocycles. The Bertz CT molecular complexity index is 1100. The topological polar surface area (TPSA) is 58.7 Å². The average molecular weight is 451 g/mol. The lowest BCUT2D eigenvalue weighted by molar-refractivity contribution is 0.415. The molecular weight excluding hydrogens is 420 g/mol. The molecule has 0 aliphatic rings. The van der Waals surface area contributed by atoms with Gasteiger partial charge in [-0.1, -0.05) is 61.9 Å². The molecule has 0 aliphatic carbocycles. The first-order valence-corrected chi connectivity index (χ1v) is 11.4. The molecule has 0 unspecified atom stereocenters. The lowest BCUT2D eigenvalue weighted by Gasteiger charge is -2.00. The Morgan fingerprint density at radius 2 is 0.941 bits per heavy atom. The maximum Gasteiger partial charge on any atom is 0.119 e. The van der Waals surface area contributed by atoms with Gasteiger partial charge in [-0.25, -0.2) is 0 Å². The zero-order chi connectivity index (χ0) is 23.8. The van der Waals surface area contributed by atoms with Gasteiger partial charge in [0.1, 0.15) is 5.75 Å². The number of azo groups is 2. The lowest BCUT2D eigenvalue weighted by Crippen LogP contribution is -1.82. The summed E-state index contributed by atoms with van der Waals surface area (Å²) in [4.78, 5) is 0. The van der Waals surface area contributed by atoms with E-state index in [4.69, 9.17) is 4.74 Å². The van der Waals surface area contributed by atoms with Crippen LogP contribution in [0.1, 0.15) is 25.3 Å². The van der Waals surface area contributed by atoms with Gasteiger partial charge < -0.3 is 4.74 Å². The van der Waals surface area contributed by atoms with E-state index in [1.54, 1.807) is 7.11 Å². The first-order chi connectivity index (χ1) is 16.8. The molecule has 0 amide bonds. The standard InChI is InChI=1S/C17H20N2O.C12H10N2/c1-3-4-5-14-6-8-15(9-7-14)18-19-16-10-12-17(20-2)13-11-16;1-3-7-11(8-4-1)13-14-12-9-5-2-6-10-12/h6-13H,3-5H2,1-2H3;1-10H. The number of unbranched alkanes of at least 4 members (excludes halogenated alkanes) is 1. The van der Waals surface area contributed by atoms with E-state index in [9.17, 15) is 0 Å². The highest BCUT2D eigenvalue weighted by molar-refractivity contribution is 5.43. The van der Waals surface area contributed by atoms with Crippen molar-refractivity contribution in [2.45, 2.75) is 26.2 Å². The first-order valence-electron chi connectivity index (χ1n) is 11.4. The van der Waals surface area contributed by atoms with Gasteiger partial charge in [0.05, 0.1) is 29.9 Å². The van der Waals surface area contributed by atoms with Crippen molar-refractivity contribution >= 4 is 22.7 Å². The summed E-state index contributed by atoms with van der Waals surface area (Å²) in [5.74, 6) is 0.823. The maximum atomic E-state index is 5.11. The summed E-state index contributed by atoms with van der Waals surface area (Å²) in [6.45, 7) is 2.21. The minimum Gasteiger partial charge on any atom is -0.497 e. The number of methoxy groups -OCH3 is 1. The third-order valence-corrected chi connectivity index (χ3v) is 4.90. The van der Waals surface area contributed by atoms with Crippen LogP contribution < -0.4 is 4.74 Å². The SMILES string of the molecule is CCCCc1ccc(N=Nc2ccc(OC)cc2)cc1.c1ccc(N=Nc2ccccc2)cc1. The fourth-order valence-electron chi connectivity index (χ4n) is 2.98. The minimum atomic E-state index is 0.820. The monoisotopic (exact) mass is 450 g/mol. The predicted molar refractivity (Wildman–Crippen MR) is 139 cm³/mol. The number of benzene rings is 4. The molecule has 4 aromatic carbocycles. The summed E-state index contributed by atoms with van der Waals surface area (Å²) in [6, 6.07) is 35.2. The minimum absolute atomic E-state index is 0.820. The van der Waals surface area contributed by atoms with Crippen molar-refractivity contribution < 1.29 is 4.74 Å². The fraction of sp³-hybridized carbons (Fsp3) is 0.172. The second-order valence-electron chi connectivity index (χ2n) is 7.54. The third-order valence-electron chi connectivity index (χ3n) is 4.90. The van der Waals surface area contributed by atoms with Crippen LogP contribution in [0.25, 0.3) is 0 Å². The Labute approximate surface area is 201 Å². The molecule has 34 heavy (non-hydrogen) atoms. The summed E-state index contributed by atoms with van der Waals surface area (Å²) < 4.78 is 5.11. The van der Waals surface area contributed by atoms with Crippen LogP contribution >= 0.6 is 0 Å². The van der Waals surface area contributed by atoms with Crippen LogP contribution in [0, 0.1) is 0 Å². The van der Waals surface area contributed by atoms with Crippen LogP contribution in [0.15, 0.2) is 130 Å². The van der Waals surface area contributed by atoms with Crippen molar-refractivity contribution in [2.24, 2.45) is 20.5 Å². The van der Waals surface area contributed by atoms with E-state index in [-0.39, 0.29) is 0 Å². The fourth-order valence-corrected chi connectivity index (χ4v) is 2.98. The number of ether oxygens (including phenoxy) is 1. The molecule has 0 aromatic heterocycles. The van der Waals surface area contributed by atoms with Crippen molar-refractivity contribution in [2.75, 3.05) is 7.11 Å². The van der Waals surface area contributed by atoms with E-state index in [0.717, 1.165) is 34.9 Å². The van der Waals surface area contributed by atoms with Crippen LogP contribution in [0.5, 0.6) is 5.75 Å². The molecule has 4 rings (SSSR count). The summed E-state index contributed by atoms with van der Waals surface area (Å²) in [5, 5.41) is 16.7.